The molecule has 0 aliphatic carbocycles. The van der Waals surface area contributed by atoms with Crippen LogP contribution in [0.25, 0.3) is 0 Å². The zero-order chi connectivity index (χ0) is 12.9. The molecule has 0 unspecified atom stereocenters. The lowest BCUT2D eigenvalue weighted by Gasteiger charge is -2.04. The van der Waals surface area contributed by atoms with Gasteiger partial charge < -0.3 is 0 Å². The fourth-order valence-corrected chi connectivity index (χ4v) is 4.28. The first-order chi connectivity index (χ1) is 7.97. The molecule has 1 heterocycles. The van der Waals surface area contributed by atoms with E-state index in [2.05, 4.69) is 16.6 Å². The summed E-state index contributed by atoms with van der Waals surface area (Å²) < 4.78 is 26.9. The molecule has 0 amide bonds. The molecule has 4 nitrogen and oxygen atoms in total. The minimum absolute atomic E-state index is 0.220. The van der Waals surface area contributed by atoms with Crippen LogP contribution in [0, 0.1) is 6.92 Å². The lowest BCUT2D eigenvalue weighted by molar-refractivity contribution is 0.575. The van der Waals surface area contributed by atoms with Crippen molar-refractivity contribution in [3.8, 4) is 0 Å². The van der Waals surface area contributed by atoms with Crippen LogP contribution in [0.5, 0.6) is 0 Å². The minimum Gasteiger partial charge on any atom is -0.229 e. The van der Waals surface area contributed by atoms with Crippen molar-refractivity contribution in [2.75, 3.05) is 6.54 Å². The number of halogens is 1. The van der Waals surface area contributed by atoms with Crippen LogP contribution in [-0.4, -0.2) is 19.9 Å². The van der Waals surface area contributed by atoms with E-state index in [1.54, 1.807) is 6.92 Å². The topological polar surface area (TPSA) is 59.1 Å². The lowest BCUT2D eigenvalue weighted by Crippen LogP contribution is -2.24. The third kappa shape index (κ3) is 4.54. The molecule has 7 heteroatoms. The molecule has 0 aliphatic heterocycles. The van der Waals surface area contributed by atoms with E-state index in [0.717, 1.165) is 37.0 Å². The number of nitrogens with zero attached hydrogens (tertiary/aromatic N) is 1. The minimum atomic E-state index is -3.44. The highest BCUT2D eigenvalue weighted by Crippen LogP contribution is 2.26. The molecule has 0 radical (unpaired) electrons. The maximum absolute atomic E-state index is 11.9. The number of sulfonamides is 1. The average Bonchev–Trinajstić information content (AvgIpc) is 2.58. The first kappa shape index (κ1) is 14.9. The summed E-state index contributed by atoms with van der Waals surface area (Å²) in [7, 11) is -3.44. The van der Waals surface area contributed by atoms with Crippen LogP contribution in [0.2, 0.25) is 4.47 Å². The lowest BCUT2D eigenvalue weighted by atomic mass is 10.2. The molecule has 0 atom stereocenters. The summed E-state index contributed by atoms with van der Waals surface area (Å²) in [4.78, 5) is 3.90. The van der Waals surface area contributed by atoms with Crippen LogP contribution in [0.15, 0.2) is 4.21 Å². The molecule has 1 aromatic heterocycles. The Morgan fingerprint density at radius 3 is 2.59 bits per heavy atom. The van der Waals surface area contributed by atoms with Gasteiger partial charge in [0.2, 0.25) is 0 Å². The van der Waals surface area contributed by atoms with E-state index >= 15 is 0 Å². The van der Waals surface area contributed by atoms with Crippen LogP contribution in [0.1, 0.15) is 38.3 Å². The second-order valence-corrected chi connectivity index (χ2v) is 7.34. The number of hydrogen-bond acceptors (Lipinski definition) is 4. The Labute approximate surface area is 111 Å². The predicted octanol–water partition coefficient (Wildman–Crippen LogP) is 2.96. The van der Waals surface area contributed by atoms with Crippen molar-refractivity contribution < 1.29 is 8.42 Å². The Bertz CT molecular complexity index is 457. The molecule has 0 spiro atoms. The zero-order valence-corrected chi connectivity index (χ0v) is 12.4. The van der Waals surface area contributed by atoms with Crippen molar-refractivity contribution in [2.24, 2.45) is 0 Å². The van der Waals surface area contributed by atoms with E-state index in [1.807, 2.05) is 0 Å². The van der Waals surface area contributed by atoms with Gasteiger partial charge in [0.05, 0.1) is 5.69 Å². The average molecular weight is 297 g/mol. The molecule has 0 saturated heterocycles. The Hall–Kier alpha value is -0.170. The molecule has 98 valence electrons. The Morgan fingerprint density at radius 2 is 2.06 bits per heavy atom. The van der Waals surface area contributed by atoms with E-state index in [0.29, 0.717) is 12.2 Å². The third-order valence-corrected chi connectivity index (χ3v) is 5.63. The fourth-order valence-electron chi connectivity index (χ4n) is 1.42. The molecule has 0 aromatic carbocycles. The van der Waals surface area contributed by atoms with Gasteiger partial charge in [-0.3, -0.25) is 0 Å². The summed E-state index contributed by atoms with van der Waals surface area (Å²) >= 11 is 6.68. The van der Waals surface area contributed by atoms with Crippen LogP contribution < -0.4 is 4.72 Å². The Balaban J connectivity index is 2.54. The fraction of sp³-hybridized carbons (Fsp3) is 0.700. The summed E-state index contributed by atoms with van der Waals surface area (Å²) in [5.74, 6) is 0. The van der Waals surface area contributed by atoms with Crippen LogP contribution in [0.3, 0.4) is 0 Å². The van der Waals surface area contributed by atoms with Gasteiger partial charge in [0, 0.05) is 6.54 Å². The Morgan fingerprint density at radius 1 is 1.35 bits per heavy atom. The van der Waals surface area contributed by atoms with Gasteiger partial charge in [-0.05, 0) is 13.3 Å². The van der Waals surface area contributed by atoms with E-state index in [-0.39, 0.29) is 8.68 Å². The number of aromatic nitrogens is 1. The van der Waals surface area contributed by atoms with Crippen molar-refractivity contribution in [1.29, 1.82) is 0 Å². The summed E-state index contributed by atoms with van der Waals surface area (Å²) in [5.41, 5.74) is 0.459. The molecule has 1 aromatic rings. The van der Waals surface area contributed by atoms with E-state index < -0.39 is 10.0 Å². The van der Waals surface area contributed by atoms with E-state index in [1.165, 1.54) is 0 Å². The van der Waals surface area contributed by atoms with E-state index in [4.69, 9.17) is 11.6 Å². The predicted molar refractivity (Wildman–Crippen MR) is 71.2 cm³/mol. The van der Waals surface area contributed by atoms with Crippen molar-refractivity contribution in [2.45, 2.75) is 43.7 Å². The second kappa shape index (κ2) is 6.68. The molecule has 0 aliphatic rings. The van der Waals surface area contributed by atoms with Gasteiger partial charge in [-0.25, -0.2) is 18.1 Å². The SMILES string of the molecule is CCCCCCNS(=O)(=O)c1sc(Cl)nc1C. The maximum atomic E-state index is 11.9. The molecule has 1 rings (SSSR count). The standard InChI is InChI=1S/C10H17ClN2O2S2/c1-3-4-5-6-7-12-17(14,15)9-8(2)13-10(11)16-9/h12H,3-7H2,1-2H3. The number of aryl methyl sites for hydroxylation is 1. The number of unbranched alkanes of at least 4 members (excludes halogenated alkanes) is 3. The molecule has 0 bridgehead atoms. The number of hydrogen-bond donors (Lipinski definition) is 1. The van der Waals surface area contributed by atoms with Crippen LogP contribution >= 0.6 is 22.9 Å². The van der Waals surface area contributed by atoms with Gasteiger partial charge >= 0.3 is 0 Å². The number of rotatable bonds is 7. The van der Waals surface area contributed by atoms with Gasteiger partial charge in [-0.15, -0.1) is 0 Å². The first-order valence-corrected chi connectivity index (χ1v) is 8.27. The largest absolute Gasteiger partial charge is 0.251 e. The molecule has 0 saturated carbocycles. The van der Waals surface area contributed by atoms with Gasteiger partial charge in [0.1, 0.15) is 0 Å². The highest BCUT2D eigenvalue weighted by atomic mass is 35.5. The van der Waals surface area contributed by atoms with Crippen molar-refractivity contribution in [3.63, 3.8) is 0 Å². The Kier molecular flexibility index (Phi) is 5.85. The molecule has 1 N–H and O–H groups in total. The highest BCUT2D eigenvalue weighted by molar-refractivity contribution is 7.91. The van der Waals surface area contributed by atoms with Gasteiger partial charge in [-0.2, -0.15) is 0 Å². The molecule has 17 heavy (non-hydrogen) atoms. The summed E-state index contributed by atoms with van der Waals surface area (Å²) in [6.07, 6.45) is 4.17. The highest BCUT2D eigenvalue weighted by Gasteiger charge is 2.20. The molecular formula is C10H17ClN2O2S2. The first-order valence-electron chi connectivity index (χ1n) is 5.60. The maximum Gasteiger partial charge on any atom is 0.251 e. The van der Waals surface area contributed by atoms with Crippen molar-refractivity contribution >= 4 is 33.0 Å². The molecule has 0 fully saturated rings. The van der Waals surface area contributed by atoms with Gasteiger partial charge in [-0.1, -0.05) is 49.1 Å². The van der Waals surface area contributed by atoms with Gasteiger partial charge in [0.25, 0.3) is 10.0 Å². The monoisotopic (exact) mass is 296 g/mol. The summed E-state index contributed by atoms with van der Waals surface area (Å²) in [5, 5.41) is 0. The molecular weight excluding hydrogens is 280 g/mol. The number of thiazole rings is 1. The van der Waals surface area contributed by atoms with Gasteiger partial charge in [0.15, 0.2) is 8.68 Å². The van der Waals surface area contributed by atoms with Crippen LogP contribution in [-0.2, 0) is 10.0 Å². The summed E-state index contributed by atoms with van der Waals surface area (Å²) in [6, 6.07) is 0. The third-order valence-electron chi connectivity index (χ3n) is 2.29. The van der Waals surface area contributed by atoms with Crippen LogP contribution in [0.4, 0.5) is 0 Å². The normalized spacial score (nSPS) is 11.9. The quantitative estimate of drug-likeness (QED) is 0.787. The van der Waals surface area contributed by atoms with Crippen molar-refractivity contribution in [3.05, 3.63) is 10.2 Å². The smallest absolute Gasteiger partial charge is 0.229 e. The van der Waals surface area contributed by atoms with E-state index in [9.17, 15) is 8.42 Å². The second-order valence-electron chi connectivity index (χ2n) is 3.80. The zero-order valence-electron chi connectivity index (χ0n) is 9.99. The summed E-state index contributed by atoms with van der Waals surface area (Å²) in [6.45, 7) is 4.23. The number of nitrogens with one attached hydrogen (secondary N) is 1. The van der Waals surface area contributed by atoms with Crippen molar-refractivity contribution in [1.82, 2.24) is 9.71 Å².